The Hall–Kier alpha value is -0.940. The second-order valence-electron chi connectivity index (χ2n) is 2.42. The van der Waals surface area contributed by atoms with Crippen molar-refractivity contribution in [2.24, 2.45) is 0 Å². The van der Waals surface area contributed by atoms with Crippen molar-refractivity contribution in [1.29, 1.82) is 0 Å². The Morgan fingerprint density at radius 2 is 2.38 bits per heavy atom. The van der Waals surface area contributed by atoms with Crippen LogP contribution in [0.2, 0.25) is 0 Å². The maximum absolute atomic E-state index is 10.9. The van der Waals surface area contributed by atoms with Gasteiger partial charge in [-0.1, -0.05) is 0 Å². The molecular weight excluding hydrogens is 190 g/mol. The smallest absolute Gasteiger partial charge is 0.311 e. The van der Waals surface area contributed by atoms with Crippen LogP contribution in [0.25, 0.3) is 0 Å². The molecule has 0 saturated heterocycles. The number of methoxy groups -OCH3 is 2. The number of rotatable bonds is 4. The van der Waals surface area contributed by atoms with E-state index in [1.807, 2.05) is 5.38 Å². The van der Waals surface area contributed by atoms with Crippen LogP contribution in [0.4, 0.5) is 0 Å². The number of hydrogen-bond acceptors (Lipinski definition) is 5. The van der Waals surface area contributed by atoms with Crippen LogP contribution >= 0.6 is 11.3 Å². The van der Waals surface area contributed by atoms with Gasteiger partial charge in [0.15, 0.2) is 0 Å². The average Bonchev–Trinajstić information content (AvgIpc) is 2.53. The zero-order chi connectivity index (χ0) is 9.68. The van der Waals surface area contributed by atoms with Crippen molar-refractivity contribution in [3.8, 4) is 0 Å². The summed E-state index contributed by atoms with van der Waals surface area (Å²) in [6.07, 6.45) is 0.233. The fourth-order valence-corrected chi connectivity index (χ4v) is 1.60. The van der Waals surface area contributed by atoms with E-state index in [0.29, 0.717) is 6.61 Å². The van der Waals surface area contributed by atoms with Gasteiger partial charge in [0.1, 0.15) is 5.01 Å². The van der Waals surface area contributed by atoms with Crippen LogP contribution in [0.1, 0.15) is 10.7 Å². The van der Waals surface area contributed by atoms with Crippen molar-refractivity contribution in [3.63, 3.8) is 0 Å². The minimum absolute atomic E-state index is 0.233. The molecule has 72 valence electrons. The highest BCUT2D eigenvalue weighted by atomic mass is 32.1. The van der Waals surface area contributed by atoms with E-state index in [-0.39, 0.29) is 12.4 Å². The Morgan fingerprint density at radius 3 is 3.00 bits per heavy atom. The van der Waals surface area contributed by atoms with E-state index >= 15 is 0 Å². The average molecular weight is 201 g/mol. The van der Waals surface area contributed by atoms with E-state index in [1.165, 1.54) is 18.4 Å². The molecule has 0 aliphatic rings. The summed E-state index contributed by atoms with van der Waals surface area (Å²) in [7, 11) is 2.98. The van der Waals surface area contributed by atoms with Crippen LogP contribution in [-0.2, 0) is 27.3 Å². The molecule has 0 aliphatic carbocycles. The van der Waals surface area contributed by atoms with Gasteiger partial charge in [-0.15, -0.1) is 11.3 Å². The third kappa shape index (κ3) is 3.12. The molecule has 0 aromatic carbocycles. The molecule has 0 aliphatic heterocycles. The molecule has 13 heavy (non-hydrogen) atoms. The monoisotopic (exact) mass is 201 g/mol. The van der Waals surface area contributed by atoms with E-state index in [9.17, 15) is 4.79 Å². The van der Waals surface area contributed by atoms with Gasteiger partial charge in [0.2, 0.25) is 0 Å². The maximum Gasteiger partial charge on any atom is 0.311 e. The summed E-state index contributed by atoms with van der Waals surface area (Å²) in [6, 6.07) is 0. The number of thiazole rings is 1. The Morgan fingerprint density at radius 1 is 1.62 bits per heavy atom. The van der Waals surface area contributed by atoms with E-state index in [2.05, 4.69) is 9.72 Å². The first-order valence-electron chi connectivity index (χ1n) is 3.75. The molecule has 1 aromatic heterocycles. The minimum atomic E-state index is -0.269. The van der Waals surface area contributed by atoms with Crippen LogP contribution in [0.5, 0.6) is 0 Å². The predicted molar refractivity (Wildman–Crippen MR) is 48.5 cm³/mol. The lowest BCUT2D eigenvalue weighted by atomic mass is 10.3. The number of nitrogens with zero attached hydrogens (tertiary/aromatic N) is 1. The largest absolute Gasteiger partial charge is 0.469 e. The normalized spacial score (nSPS) is 10.0. The third-order valence-corrected chi connectivity index (χ3v) is 2.29. The SMILES string of the molecule is COCc1nc(CC(=O)OC)cs1. The van der Waals surface area contributed by atoms with E-state index in [0.717, 1.165) is 10.7 Å². The summed E-state index contributed by atoms with van der Waals surface area (Å²) in [5.41, 5.74) is 0.740. The van der Waals surface area contributed by atoms with Gasteiger partial charge >= 0.3 is 5.97 Å². The van der Waals surface area contributed by atoms with Gasteiger partial charge in [-0.3, -0.25) is 4.79 Å². The summed E-state index contributed by atoms with van der Waals surface area (Å²) < 4.78 is 9.42. The standard InChI is InChI=1S/C8H11NO3S/c1-11-4-7-9-6(5-13-7)3-8(10)12-2/h5H,3-4H2,1-2H3. The molecule has 0 amide bonds. The second kappa shape index (κ2) is 4.94. The molecule has 1 heterocycles. The van der Waals surface area contributed by atoms with Gasteiger partial charge in [0, 0.05) is 12.5 Å². The van der Waals surface area contributed by atoms with Crippen LogP contribution in [0, 0.1) is 0 Å². The van der Waals surface area contributed by atoms with Gasteiger partial charge in [0.05, 0.1) is 25.8 Å². The fourth-order valence-electron chi connectivity index (χ4n) is 0.840. The molecule has 0 spiro atoms. The van der Waals surface area contributed by atoms with Gasteiger partial charge in [-0.05, 0) is 0 Å². The minimum Gasteiger partial charge on any atom is -0.469 e. The highest BCUT2D eigenvalue weighted by Crippen LogP contribution is 2.11. The summed E-state index contributed by atoms with van der Waals surface area (Å²) in [4.78, 5) is 15.0. The molecule has 5 heteroatoms. The maximum atomic E-state index is 10.9. The van der Waals surface area contributed by atoms with Crippen LogP contribution in [0.3, 0.4) is 0 Å². The fraction of sp³-hybridized carbons (Fsp3) is 0.500. The van der Waals surface area contributed by atoms with Crippen molar-refractivity contribution in [2.45, 2.75) is 13.0 Å². The van der Waals surface area contributed by atoms with E-state index in [1.54, 1.807) is 7.11 Å². The Bertz CT molecular complexity index is 285. The lowest BCUT2D eigenvalue weighted by molar-refractivity contribution is -0.139. The van der Waals surface area contributed by atoms with E-state index in [4.69, 9.17) is 4.74 Å². The Balaban J connectivity index is 2.53. The first-order valence-corrected chi connectivity index (χ1v) is 4.63. The number of esters is 1. The molecule has 0 fully saturated rings. The molecule has 0 bridgehead atoms. The van der Waals surface area contributed by atoms with Crippen LogP contribution in [-0.4, -0.2) is 25.2 Å². The topological polar surface area (TPSA) is 48.4 Å². The van der Waals surface area contributed by atoms with Crippen LogP contribution < -0.4 is 0 Å². The first-order chi connectivity index (χ1) is 6.26. The molecule has 0 atom stereocenters. The van der Waals surface area contributed by atoms with Crippen molar-refractivity contribution < 1.29 is 14.3 Å². The van der Waals surface area contributed by atoms with Gasteiger partial charge < -0.3 is 9.47 Å². The zero-order valence-electron chi connectivity index (χ0n) is 7.57. The second-order valence-corrected chi connectivity index (χ2v) is 3.36. The number of carbonyl (C=O) groups excluding carboxylic acids is 1. The number of carbonyl (C=O) groups is 1. The molecule has 4 nitrogen and oxygen atoms in total. The van der Waals surface area contributed by atoms with Gasteiger partial charge in [0.25, 0.3) is 0 Å². The molecule has 1 rings (SSSR count). The molecule has 0 saturated carbocycles. The summed E-state index contributed by atoms with van der Waals surface area (Å²) >= 11 is 1.48. The van der Waals surface area contributed by atoms with Gasteiger partial charge in [-0.25, -0.2) is 4.98 Å². The quantitative estimate of drug-likeness (QED) is 0.682. The Kier molecular flexibility index (Phi) is 3.85. The highest BCUT2D eigenvalue weighted by molar-refractivity contribution is 7.09. The number of ether oxygens (including phenoxy) is 2. The van der Waals surface area contributed by atoms with Crippen molar-refractivity contribution in [1.82, 2.24) is 4.98 Å². The number of hydrogen-bond donors (Lipinski definition) is 0. The summed E-state index contributed by atoms with van der Waals surface area (Å²) in [5.74, 6) is -0.269. The zero-order valence-corrected chi connectivity index (χ0v) is 8.39. The third-order valence-electron chi connectivity index (χ3n) is 1.42. The molecule has 0 N–H and O–H groups in total. The summed E-state index contributed by atoms with van der Waals surface area (Å²) in [6.45, 7) is 0.492. The molecule has 0 unspecified atom stereocenters. The molecular formula is C8H11NO3S. The van der Waals surface area contributed by atoms with E-state index < -0.39 is 0 Å². The molecule has 0 radical (unpaired) electrons. The van der Waals surface area contributed by atoms with Crippen molar-refractivity contribution in [3.05, 3.63) is 16.1 Å². The first kappa shape index (κ1) is 10.1. The van der Waals surface area contributed by atoms with Crippen molar-refractivity contribution in [2.75, 3.05) is 14.2 Å². The van der Waals surface area contributed by atoms with Gasteiger partial charge in [-0.2, -0.15) is 0 Å². The predicted octanol–water partition coefficient (Wildman–Crippen LogP) is 1.01. The molecule has 1 aromatic rings. The van der Waals surface area contributed by atoms with Crippen molar-refractivity contribution >= 4 is 17.3 Å². The Labute approximate surface area is 80.5 Å². The number of aromatic nitrogens is 1. The lowest BCUT2D eigenvalue weighted by Gasteiger charge is -1.94. The van der Waals surface area contributed by atoms with Crippen LogP contribution in [0.15, 0.2) is 5.38 Å². The highest BCUT2D eigenvalue weighted by Gasteiger charge is 2.06. The summed E-state index contributed by atoms with van der Waals surface area (Å²) in [5, 5.41) is 2.71. The lowest BCUT2D eigenvalue weighted by Crippen LogP contribution is -2.04.